The molecule has 126 valence electrons. The van der Waals surface area contributed by atoms with E-state index < -0.39 is 0 Å². The molecule has 2 aromatic rings. The van der Waals surface area contributed by atoms with Gasteiger partial charge in [0.15, 0.2) is 0 Å². The largest absolute Gasteiger partial charge is 0.493 e. The van der Waals surface area contributed by atoms with Crippen molar-refractivity contribution in [3.05, 3.63) is 48.2 Å². The Morgan fingerprint density at radius 1 is 1.33 bits per heavy atom. The van der Waals surface area contributed by atoms with Crippen molar-refractivity contribution >= 4 is 17.5 Å². The van der Waals surface area contributed by atoms with Crippen LogP contribution in [0.2, 0.25) is 0 Å². The summed E-state index contributed by atoms with van der Waals surface area (Å²) in [5.74, 6) is 2.79. The summed E-state index contributed by atoms with van der Waals surface area (Å²) in [6.07, 6.45) is 8.64. The number of nitrogens with zero attached hydrogens (tertiary/aromatic N) is 3. The third kappa shape index (κ3) is 3.18. The van der Waals surface area contributed by atoms with Gasteiger partial charge in [0.2, 0.25) is 0 Å². The maximum Gasteiger partial charge on any atom is 0.128 e. The van der Waals surface area contributed by atoms with E-state index in [1.54, 1.807) is 0 Å². The molecule has 0 bridgehead atoms. The molecule has 4 rings (SSSR count). The summed E-state index contributed by atoms with van der Waals surface area (Å²) in [5, 5.41) is 0. The van der Waals surface area contributed by atoms with Gasteiger partial charge in [-0.25, -0.2) is 4.98 Å². The Kier molecular flexibility index (Phi) is 4.27. The summed E-state index contributed by atoms with van der Waals surface area (Å²) in [7, 11) is 2.10. The average Bonchev–Trinajstić information content (AvgIpc) is 3.29. The zero-order chi connectivity index (χ0) is 16.5. The van der Waals surface area contributed by atoms with Crippen LogP contribution < -0.4 is 4.74 Å². The summed E-state index contributed by atoms with van der Waals surface area (Å²) in [6, 6.07) is 6.55. The molecule has 1 fully saturated rings. The molecule has 0 amide bonds. The molecule has 0 N–H and O–H groups in total. The van der Waals surface area contributed by atoms with E-state index in [4.69, 9.17) is 4.74 Å². The molecule has 1 saturated carbocycles. The first-order valence-corrected chi connectivity index (χ1v) is 9.57. The van der Waals surface area contributed by atoms with E-state index in [1.807, 2.05) is 24.3 Å². The minimum Gasteiger partial charge on any atom is -0.493 e. The fourth-order valence-corrected chi connectivity index (χ4v) is 3.71. The van der Waals surface area contributed by atoms with Crippen molar-refractivity contribution in [1.29, 1.82) is 0 Å². The van der Waals surface area contributed by atoms with E-state index >= 15 is 0 Å². The molecule has 4 nitrogen and oxygen atoms in total. The van der Waals surface area contributed by atoms with Gasteiger partial charge in [0.1, 0.15) is 5.75 Å². The first-order chi connectivity index (χ1) is 11.7. The third-order valence-electron chi connectivity index (χ3n) is 4.44. The molecule has 1 aromatic carbocycles. The molecule has 5 heteroatoms. The topological polar surface area (TPSA) is 30.3 Å². The summed E-state index contributed by atoms with van der Waals surface area (Å²) >= 11 is 1.86. The Bertz CT molecular complexity index is 764. The van der Waals surface area contributed by atoms with Crippen molar-refractivity contribution in [2.75, 3.05) is 19.4 Å². The summed E-state index contributed by atoms with van der Waals surface area (Å²) < 4.78 is 8.35. The highest BCUT2D eigenvalue weighted by Gasteiger charge is 2.24. The molecule has 1 aliphatic heterocycles. The predicted octanol–water partition coefficient (Wildman–Crippen LogP) is 4.08. The van der Waals surface area contributed by atoms with Crippen molar-refractivity contribution in [3.63, 3.8) is 0 Å². The number of thioether (sulfide) groups is 1. The zero-order valence-corrected chi connectivity index (χ0v) is 15.1. The van der Waals surface area contributed by atoms with Gasteiger partial charge in [0.05, 0.1) is 37.1 Å². The number of benzene rings is 1. The number of imidazole rings is 1. The lowest BCUT2D eigenvalue weighted by atomic mass is 10.1. The van der Waals surface area contributed by atoms with Crippen LogP contribution in [-0.2, 0) is 6.54 Å². The van der Waals surface area contributed by atoms with E-state index in [0.29, 0.717) is 0 Å². The first kappa shape index (κ1) is 15.6. The highest BCUT2D eigenvalue weighted by molar-refractivity contribution is 7.99. The average molecular weight is 341 g/mol. The van der Waals surface area contributed by atoms with Crippen molar-refractivity contribution in [2.24, 2.45) is 5.92 Å². The van der Waals surface area contributed by atoms with Gasteiger partial charge in [0, 0.05) is 23.7 Å². The van der Waals surface area contributed by atoms with Crippen LogP contribution in [0, 0.1) is 5.92 Å². The molecule has 0 spiro atoms. The van der Waals surface area contributed by atoms with E-state index in [2.05, 4.69) is 52.8 Å². The molecule has 1 aromatic heterocycles. The Morgan fingerprint density at radius 3 is 3.00 bits per heavy atom. The van der Waals surface area contributed by atoms with Crippen molar-refractivity contribution in [1.82, 2.24) is 14.5 Å². The number of fused-ring (bicyclic) bond motifs is 1. The molecular weight excluding hydrogens is 318 g/mol. The Balaban J connectivity index is 1.74. The van der Waals surface area contributed by atoms with Crippen LogP contribution >= 0.6 is 11.8 Å². The molecule has 2 heterocycles. The second-order valence-corrected chi connectivity index (χ2v) is 7.87. The van der Waals surface area contributed by atoms with Crippen LogP contribution in [0.15, 0.2) is 41.8 Å². The third-order valence-corrected chi connectivity index (χ3v) is 5.31. The summed E-state index contributed by atoms with van der Waals surface area (Å²) in [4.78, 5) is 7.82. The monoisotopic (exact) mass is 341 g/mol. The van der Waals surface area contributed by atoms with Gasteiger partial charge in [-0.2, -0.15) is 0 Å². The molecule has 2 aliphatic rings. The quantitative estimate of drug-likeness (QED) is 0.741. The Morgan fingerprint density at radius 2 is 2.21 bits per heavy atom. The zero-order valence-electron chi connectivity index (χ0n) is 14.2. The van der Waals surface area contributed by atoms with Gasteiger partial charge in [-0.1, -0.05) is 6.92 Å². The van der Waals surface area contributed by atoms with Crippen molar-refractivity contribution in [3.8, 4) is 5.75 Å². The van der Waals surface area contributed by atoms with Gasteiger partial charge in [-0.15, -0.1) is 11.8 Å². The molecule has 0 atom stereocenters. The SMILES string of the molecule is CCSc1ccc(OCC2CC2)c(C2=CN(C)Cc3cncn32)c1. The predicted molar refractivity (Wildman–Crippen MR) is 98.1 cm³/mol. The van der Waals surface area contributed by atoms with Gasteiger partial charge >= 0.3 is 0 Å². The van der Waals surface area contributed by atoms with Crippen molar-refractivity contribution < 1.29 is 4.74 Å². The van der Waals surface area contributed by atoms with Crippen molar-refractivity contribution in [2.45, 2.75) is 31.2 Å². The lowest BCUT2D eigenvalue weighted by molar-refractivity contribution is 0.298. The second kappa shape index (κ2) is 6.55. The molecule has 24 heavy (non-hydrogen) atoms. The fraction of sp³-hybridized carbons (Fsp3) is 0.421. The van der Waals surface area contributed by atoms with Gasteiger partial charge < -0.3 is 9.64 Å². The molecule has 0 saturated heterocycles. The lowest BCUT2D eigenvalue weighted by Crippen LogP contribution is -2.21. The number of ether oxygens (including phenoxy) is 1. The second-order valence-electron chi connectivity index (χ2n) is 6.53. The maximum absolute atomic E-state index is 6.17. The highest BCUT2D eigenvalue weighted by atomic mass is 32.2. The molecule has 1 aliphatic carbocycles. The van der Waals surface area contributed by atoms with Crippen LogP contribution in [0.1, 0.15) is 31.0 Å². The van der Waals surface area contributed by atoms with E-state index in [0.717, 1.165) is 41.8 Å². The van der Waals surface area contributed by atoms with Crippen LogP contribution in [0.25, 0.3) is 5.70 Å². The molecular formula is C19H23N3OS. The lowest BCUT2D eigenvalue weighted by Gasteiger charge is -2.26. The molecule has 0 radical (unpaired) electrons. The number of aromatic nitrogens is 2. The van der Waals surface area contributed by atoms with Crippen LogP contribution in [0.4, 0.5) is 0 Å². The van der Waals surface area contributed by atoms with E-state index in [1.165, 1.54) is 23.4 Å². The molecule has 0 unspecified atom stereocenters. The Labute approximate surface area is 147 Å². The number of rotatable bonds is 6. The van der Waals surface area contributed by atoms with Crippen LogP contribution in [-0.4, -0.2) is 33.9 Å². The van der Waals surface area contributed by atoms with Crippen LogP contribution in [0.3, 0.4) is 0 Å². The number of hydrogen-bond donors (Lipinski definition) is 0. The normalized spacial score (nSPS) is 16.8. The van der Waals surface area contributed by atoms with Gasteiger partial charge in [-0.05, 0) is 42.7 Å². The number of hydrogen-bond acceptors (Lipinski definition) is 4. The Hall–Kier alpha value is -1.88. The maximum atomic E-state index is 6.17. The highest BCUT2D eigenvalue weighted by Crippen LogP contribution is 2.36. The smallest absolute Gasteiger partial charge is 0.128 e. The van der Waals surface area contributed by atoms with Gasteiger partial charge in [-0.3, -0.25) is 4.57 Å². The standard InChI is InChI=1S/C19H23N3OS/c1-3-24-16-6-7-19(23-12-14-4-5-14)17(8-16)18-11-21(2)10-15-9-20-13-22(15)18/h6-9,11,13-14H,3-5,10,12H2,1-2H3. The first-order valence-electron chi connectivity index (χ1n) is 8.58. The summed E-state index contributed by atoms with van der Waals surface area (Å²) in [6.45, 7) is 3.89. The summed E-state index contributed by atoms with van der Waals surface area (Å²) in [5.41, 5.74) is 3.50. The fourth-order valence-electron chi connectivity index (χ4n) is 3.01. The van der Waals surface area contributed by atoms with E-state index in [9.17, 15) is 0 Å². The minimum absolute atomic E-state index is 0.745. The van der Waals surface area contributed by atoms with Gasteiger partial charge in [0.25, 0.3) is 0 Å². The van der Waals surface area contributed by atoms with E-state index in [-0.39, 0.29) is 0 Å². The van der Waals surface area contributed by atoms with Crippen LogP contribution in [0.5, 0.6) is 5.75 Å². The minimum atomic E-state index is 0.745.